The van der Waals surface area contributed by atoms with Gasteiger partial charge in [0.1, 0.15) is 0 Å². The second kappa shape index (κ2) is 11.3. The van der Waals surface area contributed by atoms with Crippen LogP contribution >= 0.6 is 24.0 Å². The van der Waals surface area contributed by atoms with Gasteiger partial charge < -0.3 is 16.0 Å². The summed E-state index contributed by atoms with van der Waals surface area (Å²) in [6, 6.07) is 6.63. The van der Waals surface area contributed by atoms with Gasteiger partial charge in [0.15, 0.2) is 5.96 Å². The van der Waals surface area contributed by atoms with Crippen molar-refractivity contribution in [1.29, 1.82) is 0 Å². The summed E-state index contributed by atoms with van der Waals surface area (Å²) < 4.78 is 0. The molecule has 0 radical (unpaired) electrons. The molecule has 0 spiro atoms. The normalized spacial score (nSPS) is 13.8. The molecule has 0 bridgehead atoms. The highest BCUT2D eigenvalue weighted by atomic mass is 127. The molecule has 140 valence electrons. The number of carbonyl (C=O) groups is 1. The van der Waals surface area contributed by atoms with E-state index in [2.05, 4.69) is 59.9 Å². The van der Waals surface area contributed by atoms with Crippen LogP contribution in [0.15, 0.2) is 23.2 Å². The minimum Gasteiger partial charge on any atom is -0.357 e. The van der Waals surface area contributed by atoms with Crippen LogP contribution in [-0.4, -0.2) is 38.0 Å². The quantitative estimate of drug-likeness (QED) is 0.243. The maximum absolute atomic E-state index is 11.6. The number of aryl methyl sites for hydroxylation is 2. The number of aliphatic imine (C=N–C) groups is 1. The molecule has 5 nitrogen and oxygen atoms in total. The number of halogens is 1. The fraction of sp³-hybridized carbons (Fsp3) is 0.579. The maximum Gasteiger partial charge on any atom is 0.223 e. The molecule has 6 heteroatoms. The molecule has 0 unspecified atom stereocenters. The summed E-state index contributed by atoms with van der Waals surface area (Å²) in [5.74, 6) is 1.26. The molecular formula is C19H31IN4O. The van der Waals surface area contributed by atoms with Crippen molar-refractivity contribution in [3.63, 3.8) is 0 Å². The molecule has 1 aromatic carbocycles. The van der Waals surface area contributed by atoms with Crippen LogP contribution in [0.25, 0.3) is 0 Å². The Morgan fingerprint density at radius 2 is 1.72 bits per heavy atom. The van der Waals surface area contributed by atoms with Crippen LogP contribution in [0.3, 0.4) is 0 Å². The molecular weight excluding hydrogens is 427 g/mol. The van der Waals surface area contributed by atoms with E-state index in [1.165, 1.54) is 16.7 Å². The minimum atomic E-state index is 0. The van der Waals surface area contributed by atoms with Crippen molar-refractivity contribution in [2.75, 3.05) is 26.2 Å². The Morgan fingerprint density at radius 1 is 1.08 bits per heavy atom. The van der Waals surface area contributed by atoms with Gasteiger partial charge in [-0.2, -0.15) is 0 Å². The second-order valence-corrected chi connectivity index (χ2v) is 6.50. The molecule has 0 heterocycles. The summed E-state index contributed by atoms with van der Waals surface area (Å²) >= 11 is 0. The molecule has 25 heavy (non-hydrogen) atoms. The maximum atomic E-state index is 11.6. The third kappa shape index (κ3) is 8.56. The molecule has 2 rings (SSSR count). The van der Waals surface area contributed by atoms with Gasteiger partial charge >= 0.3 is 0 Å². The van der Waals surface area contributed by atoms with E-state index in [1.54, 1.807) is 0 Å². The number of nitrogens with one attached hydrogen (secondary N) is 3. The smallest absolute Gasteiger partial charge is 0.223 e. The Kier molecular flexibility index (Phi) is 9.85. The molecule has 1 aliphatic carbocycles. The molecule has 0 aromatic heterocycles. The van der Waals surface area contributed by atoms with Crippen LogP contribution in [0, 0.1) is 19.8 Å². The van der Waals surface area contributed by atoms with E-state index in [4.69, 9.17) is 0 Å². The Bertz CT molecular complexity index is 565. The Balaban J connectivity index is 0.00000312. The van der Waals surface area contributed by atoms with Crippen LogP contribution in [0.1, 0.15) is 36.5 Å². The number of carbonyl (C=O) groups excluding carboxylic acids is 1. The standard InChI is InChI=1S/C19H30N4O.HI/c1-4-20-19(23-10-9-21-18(24)17-5-6-17)22-8-7-16-12-14(2)11-15(3)13-16;/h11-13,17H,4-10H2,1-3H3,(H,21,24)(H2,20,22,23);1H. The first-order valence-electron chi connectivity index (χ1n) is 8.95. The van der Waals surface area contributed by atoms with Crippen molar-refractivity contribution < 1.29 is 4.79 Å². The number of amides is 1. The average molecular weight is 458 g/mol. The van der Waals surface area contributed by atoms with Crippen molar-refractivity contribution in [2.45, 2.75) is 40.0 Å². The van der Waals surface area contributed by atoms with E-state index in [9.17, 15) is 4.79 Å². The predicted molar refractivity (Wildman–Crippen MR) is 115 cm³/mol. The topological polar surface area (TPSA) is 65.5 Å². The molecule has 1 fully saturated rings. The fourth-order valence-electron chi connectivity index (χ4n) is 2.71. The van der Waals surface area contributed by atoms with Crippen molar-refractivity contribution in [2.24, 2.45) is 10.9 Å². The molecule has 1 aliphatic rings. The lowest BCUT2D eigenvalue weighted by Crippen LogP contribution is -2.41. The first-order valence-corrected chi connectivity index (χ1v) is 8.95. The van der Waals surface area contributed by atoms with Crippen LogP contribution < -0.4 is 16.0 Å². The van der Waals surface area contributed by atoms with Crippen LogP contribution in [0.5, 0.6) is 0 Å². The summed E-state index contributed by atoms with van der Waals surface area (Å²) in [7, 11) is 0. The van der Waals surface area contributed by atoms with E-state index in [0.29, 0.717) is 13.1 Å². The monoisotopic (exact) mass is 458 g/mol. The number of hydrogen-bond donors (Lipinski definition) is 3. The first-order chi connectivity index (χ1) is 11.6. The van der Waals surface area contributed by atoms with Crippen molar-refractivity contribution in [1.82, 2.24) is 16.0 Å². The van der Waals surface area contributed by atoms with Crippen LogP contribution in [-0.2, 0) is 11.2 Å². The third-order valence-corrected chi connectivity index (χ3v) is 3.96. The number of rotatable bonds is 8. The molecule has 0 atom stereocenters. The van der Waals surface area contributed by atoms with Crippen molar-refractivity contribution in [3.8, 4) is 0 Å². The lowest BCUT2D eigenvalue weighted by Gasteiger charge is -2.12. The van der Waals surface area contributed by atoms with E-state index in [1.807, 2.05) is 0 Å². The van der Waals surface area contributed by atoms with E-state index in [-0.39, 0.29) is 35.8 Å². The van der Waals surface area contributed by atoms with Gasteiger partial charge in [0.2, 0.25) is 5.91 Å². The molecule has 0 saturated heterocycles. The highest BCUT2D eigenvalue weighted by Crippen LogP contribution is 2.28. The number of benzene rings is 1. The van der Waals surface area contributed by atoms with Gasteiger partial charge in [-0.25, -0.2) is 0 Å². The van der Waals surface area contributed by atoms with Gasteiger partial charge in [-0.15, -0.1) is 24.0 Å². The summed E-state index contributed by atoms with van der Waals surface area (Å²) in [6.07, 6.45) is 3.01. The summed E-state index contributed by atoms with van der Waals surface area (Å²) in [6.45, 7) is 9.19. The summed E-state index contributed by atoms with van der Waals surface area (Å²) in [4.78, 5) is 16.2. The lowest BCUT2D eigenvalue weighted by molar-refractivity contribution is -0.122. The van der Waals surface area contributed by atoms with Crippen molar-refractivity contribution in [3.05, 3.63) is 34.9 Å². The highest BCUT2D eigenvalue weighted by molar-refractivity contribution is 14.0. The summed E-state index contributed by atoms with van der Waals surface area (Å²) in [5.41, 5.74) is 3.92. The van der Waals surface area contributed by atoms with Gasteiger partial charge in [-0.05, 0) is 45.6 Å². The molecule has 1 amide bonds. The zero-order valence-corrected chi connectivity index (χ0v) is 17.9. The molecule has 0 aliphatic heterocycles. The van der Waals surface area contributed by atoms with E-state index in [0.717, 1.165) is 38.3 Å². The van der Waals surface area contributed by atoms with Gasteiger partial charge in [0, 0.05) is 32.1 Å². The van der Waals surface area contributed by atoms with E-state index < -0.39 is 0 Å². The third-order valence-electron chi connectivity index (χ3n) is 3.96. The zero-order valence-electron chi connectivity index (χ0n) is 15.5. The number of guanidine groups is 1. The zero-order chi connectivity index (χ0) is 17.4. The molecule has 1 aromatic rings. The number of hydrogen-bond acceptors (Lipinski definition) is 2. The van der Waals surface area contributed by atoms with Gasteiger partial charge in [0.05, 0.1) is 0 Å². The highest BCUT2D eigenvalue weighted by Gasteiger charge is 2.28. The Hall–Kier alpha value is -1.31. The fourth-order valence-corrected chi connectivity index (χ4v) is 2.71. The first kappa shape index (κ1) is 21.7. The molecule has 3 N–H and O–H groups in total. The minimum absolute atomic E-state index is 0. The van der Waals surface area contributed by atoms with Gasteiger partial charge in [0.25, 0.3) is 0 Å². The largest absolute Gasteiger partial charge is 0.357 e. The Labute approximate surface area is 168 Å². The van der Waals surface area contributed by atoms with Crippen molar-refractivity contribution >= 4 is 35.8 Å². The SMILES string of the molecule is CCNC(=NCCc1cc(C)cc(C)c1)NCCNC(=O)C1CC1.I. The van der Waals surface area contributed by atoms with Crippen LogP contribution in [0.2, 0.25) is 0 Å². The Morgan fingerprint density at radius 3 is 2.32 bits per heavy atom. The van der Waals surface area contributed by atoms with Crippen LogP contribution in [0.4, 0.5) is 0 Å². The van der Waals surface area contributed by atoms with Gasteiger partial charge in [-0.1, -0.05) is 29.3 Å². The predicted octanol–water partition coefficient (Wildman–Crippen LogP) is 2.55. The summed E-state index contributed by atoms with van der Waals surface area (Å²) in [5, 5.41) is 9.46. The number of nitrogens with zero attached hydrogens (tertiary/aromatic N) is 1. The lowest BCUT2D eigenvalue weighted by atomic mass is 10.1. The average Bonchev–Trinajstić information content (AvgIpc) is 3.35. The molecule has 1 saturated carbocycles. The second-order valence-electron chi connectivity index (χ2n) is 6.50. The van der Waals surface area contributed by atoms with Gasteiger partial charge in [-0.3, -0.25) is 9.79 Å². The van der Waals surface area contributed by atoms with E-state index >= 15 is 0 Å².